The fraction of sp³-hybridized carbons (Fsp3) is 0.273. The van der Waals surface area contributed by atoms with Crippen molar-refractivity contribution in [3.05, 3.63) is 44.4 Å². The van der Waals surface area contributed by atoms with E-state index in [0.717, 1.165) is 4.57 Å². The summed E-state index contributed by atoms with van der Waals surface area (Å²) in [6.07, 6.45) is 0. The first-order valence-corrected chi connectivity index (χ1v) is 4.98. The molecule has 0 radical (unpaired) electrons. The van der Waals surface area contributed by atoms with Crippen molar-refractivity contribution in [2.75, 3.05) is 0 Å². The number of aryl methyl sites for hydroxylation is 1. The molecule has 0 bridgehead atoms. The van der Waals surface area contributed by atoms with Gasteiger partial charge in [-0.2, -0.15) is 0 Å². The number of H-pyrrole nitrogens is 1. The molecule has 16 heavy (non-hydrogen) atoms. The zero-order valence-corrected chi connectivity index (χ0v) is 9.00. The Morgan fingerprint density at radius 2 is 2.06 bits per heavy atom. The Balaban J connectivity index is 3.05. The molecule has 0 aliphatic rings. The van der Waals surface area contributed by atoms with Crippen molar-refractivity contribution >= 4 is 10.9 Å². The zero-order chi connectivity index (χ0) is 11.9. The maximum atomic E-state index is 13.3. The Hall–Kier alpha value is -1.91. The SMILES string of the molecule is CCn1c(=O)[nH]c2c(C)c(F)ccc2c1=O. The van der Waals surface area contributed by atoms with E-state index in [0.29, 0.717) is 11.9 Å². The normalized spacial score (nSPS) is 10.9. The van der Waals surface area contributed by atoms with Gasteiger partial charge >= 0.3 is 5.69 Å². The van der Waals surface area contributed by atoms with Crippen molar-refractivity contribution in [1.82, 2.24) is 9.55 Å². The molecule has 0 amide bonds. The van der Waals surface area contributed by atoms with Crippen molar-refractivity contribution in [3.63, 3.8) is 0 Å². The van der Waals surface area contributed by atoms with E-state index in [2.05, 4.69) is 4.98 Å². The monoisotopic (exact) mass is 222 g/mol. The molecule has 2 aromatic rings. The van der Waals surface area contributed by atoms with Gasteiger partial charge in [-0.3, -0.25) is 9.36 Å². The van der Waals surface area contributed by atoms with Crippen LogP contribution < -0.4 is 11.2 Å². The standard InChI is InChI=1S/C11H11FN2O2/c1-3-14-10(15)7-4-5-8(12)6(2)9(7)13-11(14)16/h4-5H,3H2,1-2H3,(H,13,16). The molecule has 5 heteroatoms. The Bertz CT molecular complexity index is 670. The molecular formula is C11H11FN2O2. The molecule has 1 aromatic heterocycles. The number of fused-ring (bicyclic) bond motifs is 1. The lowest BCUT2D eigenvalue weighted by Gasteiger charge is -2.05. The van der Waals surface area contributed by atoms with Crippen molar-refractivity contribution in [1.29, 1.82) is 0 Å². The highest BCUT2D eigenvalue weighted by Crippen LogP contribution is 2.14. The fourth-order valence-corrected chi connectivity index (χ4v) is 1.72. The van der Waals surface area contributed by atoms with E-state index in [1.807, 2.05) is 0 Å². The van der Waals surface area contributed by atoms with Gasteiger partial charge in [0.1, 0.15) is 5.82 Å². The van der Waals surface area contributed by atoms with Gasteiger partial charge in [0.25, 0.3) is 5.56 Å². The van der Waals surface area contributed by atoms with Gasteiger partial charge in [0.05, 0.1) is 10.9 Å². The lowest BCUT2D eigenvalue weighted by Crippen LogP contribution is -2.34. The van der Waals surface area contributed by atoms with Crippen LogP contribution in [0.5, 0.6) is 0 Å². The second-order valence-electron chi connectivity index (χ2n) is 3.57. The van der Waals surface area contributed by atoms with Gasteiger partial charge in [0.15, 0.2) is 0 Å². The van der Waals surface area contributed by atoms with Gasteiger partial charge < -0.3 is 4.98 Å². The molecule has 1 N–H and O–H groups in total. The van der Waals surface area contributed by atoms with Crippen LogP contribution in [0, 0.1) is 12.7 Å². The third kappa shape index (κ3) is 1.36. The topological polar surface area (TPSA) is 54.9 Å². The summed E-state index contributed by atoms with van der Waals surface area (Å²) in [6, 6.07) is 2.62. The third-order valence-electron chi connectivity index (χ3n) is 2.67. The van der Waals surface area contributed by atoms with Crippen LogP contribution in [0.4, 0.5) is 4.39 Å². The van der Waals surface area contributed by atoms with E-state index in [1.165, 1.54) is 19.1 Å². The number of nitrogens with one attached hydrogen (secondary N) is 1. The molecule has 0 unspecified atom stereocenters. The van der Waals surface area contributed by atoms with E-state index in [4.69, 9.17) is 0 Å². The summed E-state index contributed by atoms with van der Waals surface area (Å²) in [5, 5.41) is 0.334. The molecule has 0 spiro atoms. The number of hydrogen-bond donors (Lipinski definition) is 1. The van der Waals surface area contributed by atoms with Gasteiger partial charge in [0, 0.05) is 12.1 Å². The summed E-state index contributed by atoms with van der Waals surface area (Å²) in [6.45, 7) is 3.53. The van der Waals surface area contributed by atoms with E-state index in [1.54, 1.807) is 6.92 Å². The summed E-state index contributed by atoms with van der Waals surface area (Å²) in [5.41, 5.74) is -0.326. The van der Waals surface area contributed by atoms with E-state index in [9.17, 15) is 14.0 Å². The maximum absolute atomic E-state index is 13.3. The van der Waals surface area contributed by atoms with E-state index >= 15 is 0 Å². The second-order valence-corrected chi connectivity index (χ2v) is 3.57. The fourth-order valence-electron chi connectivity index (χ4n) is 1.72. The predicted octanol–water partition coefficient (Wildman–Crippen LogP) is 1.16. The molecule has 2 rings (SSSR count). The summed E-state index contributed by atoms with van der Waals surface area (Å²) in [4.78, 5) is 25.9. The van der Waals surface area contributed by atoms with Crippen LogP contribution in [-0.2, 0) is 6.54 Å². The van der Waals surface area contributed by atoms with Crippen molar-refractivity contribution in [3.8, 4) is 0 Å². The minimum atomic E-state index is -0.506. The highest BCUT2D eigenvalue weighted by atomic mass is 19.1. The highest BCUT2D eigenvalue weighted by molar-refractivity contribution is 5.80. The molecular weight excluding hydrogens is 211 g/mol. The number of hydrogen-bond acceptors (Lipinski definition) is 2. The molecule has 0 aliphatic carbocycles. The van der Waals surface area contributed by atoms with Gasteiger partial charge in [-0.1, -0.05) is 0 Å². The van der Waals surface area contributed by atoms with Gasteiger partial charge in [-0.05, 0) is 26.0 Å². The van der Waals surface area contributed by atoms with Crippen LogP contribution in [0.2, 0.25) is 0 Å². The zero-order valence-electron chi connectivity index (χ0n) is 9.00. The first kappa shape index (κ1) is 10.6. The largest absolute Gasteiger partial charge is 0.328 e. The first-order chi connectivity index (χ1) is 7.56. The first-order valence-electron chi connectivity index (χ1n) is 4.98. The molecule has 0 saturated carbocycles. The summed E-state index contributed by atoms with van der Waals surface area (Å²) in [7, 11) is 0. The van der Waals surface area contributed by atoms with Crippen molar-refractivity contribution in [2.24, 2.45) is 0 Å². The maximum Gasteiger partial charge on any atom is 0.328 e. The number of benzene rings is 1. The van der Waals surface area contributed by atoms with Crippen LogP contribution in [0.15, 0.2) is 21.7 Å². The van der Waals surface area contributed by atoms with Gasteiger partial charge in [0.2, 0.25) is 0 Å². The lowest BCUT2D eigenvalue weighted by atomic mass is 10.1. The molecule has 1 aromatic carbocycles. The molecule has 4 nitrogen and oxygen atoms in total. The number of nitrogens with zero attached hydrogens (tertiary/aromatic N) is 1. The molecule has 0 saturated heterocycles. The number of aromatic nitrogens is 2. The van der Waals surface area contributed by atoms with E-state index < -0.39 is 11.5 Å². The Morgan fingerprint density at radius 1 is 1.38 bits per heavy atom. The van der Waals surface area contributed by atoms with Crippen LogP contribution in [0.25, 0.3) is 10.9 Å². The van der Waals surface area contributed by atoms with Gasteiger partial charge in [-0.25, -0.2) is 9.18 Å². The second kappa shape index (κ2) is 3.59. The van der Waals surface area contributed by atoms with E-state index in [-0.39, 0.29) is 16.6 Å². The molecule has 0 aliphatic heterocycles. The highest BCUT2D eigenvalue weighted by Gasteiger charge is 2.10. The van der Waals surface area contributed by atoms with Crippen molar-refractivity contribution < 1.29 is 4.39 Å². The average Bonchev–Trinajstić information content (AvgIpc) is 2.25. The summed E-state index contributed by atoms with van der Waals surface area (Å²) in [5.74, 6) is -0.434. The quantitative estimate of drug-likeness (QED) is 0.787. The lowest BCUT2D eigenvalue weighted by molar-refractivity contribution is 0.619. The average molecular weight is 222 g/mol. The predicted molar refractivity (Wildman–Crippen MR) is 59.2 cm³/mol. The Kier molecular flexibility index (Phi) is 2.38. The summed E-state index contributed by atoms with van der Waals surface area (Å²) >= 11 is 0. The van der Waals surface area contributed by atoms with Crippen LogP contribution in [0.1, 0.15) is 12.5 Å². The minimum Gasteiger partial charge on any atom is -0.306 e. The third-order valence-corrected chi connectivity index (χ3v) is 2.67. The number of rotatable bonds is 1. The Morgan fingerprint density at radius 3 is 2.69 bits per heavy atom. The summed E-state index contributed by atoms with van der Waals surface area (Å²) < 4.78 is 14.3. The van der Waals surface area contributed by atoms with Gasteiger partial charge in [-0.15, -0.1) is 0 Å². The minimum absolute atomic E-state index is 0.278. The number of halogens is 1. The molecule has 0 fully saturated rings. The van der Waals surface area contributed by atoms with Crippen LogP contribution in [-0.4, -0.2) is 9.55 Å². The smallest absolute Gasteiger partial charge is 0.306 e. The van der Waals surface area contributed by atoms with Crippen molar-refractivity contribution in [2.45, 2.75) is 20.4 Å². The molecule has 1 heterocycles. The molecule has 84 valence electrons. The van der Waals surface area contributed by atoms with Crippen LogP contribution in [0.3, 0.4) is 0 Å². The Labute approximate surface area is 90.3 Å². The van der Waals surface area contributed by atoms with Crippen LogP contribution >= 0.6 is 0 Å². The number of aromatic amines is 1. The molecule has 0 atom stereocenters.